The number of aromatic nitrogens is 2. The summed E-state index contributed by atoms with van der Waals surface area (Å²) in [5.41, 5.74) is 5.23. The van der Waals surface area contributed by atoms with Crippen LogP contribution in [0.1, 0.15) is 16.2 Å². The second kappa shape index (κ2) is 5.39. The fourth-order valence-electron chi connectivity index (χ4n) is 1.41. The van der Waals surface area contributed by atoms with Crippen molar-refractivity contribution in [2.45, 2.75) is 6.92 Å². The minimum atomic E-state index is -0.656. The van der Waals surface area contributed by atoms with E-state index in [0.717, 1.165) is 23.7 Å². The molecule has 0 spiro atoms. The number of aryl methyl sites for hydroxylation is 1. The first-order chi connectivity index (χ1) is 9.38. The van der Waals surface area contributed by atoms with Gasteiger partial charge in [0.15, 0.2) is 0 Å². The number of carbonyl (C=O) groups is 1. The summed E-state index contributed by atoms with van der Waals surface area (Å²) in [7, 11) is 0. The topological polar surface area (TPSA) is 124 Å². The molecule has 104 valence electrons. The number of benzene rings is 1. The summed E-state index contributed by atoms with van der Waals surface area (Å²) in [4.78, 5) is 26.1. The van der Waals surface area contributed by atoms with Crippen LogP contribution in [0.3, 0.4) is 0 Å². The molecule has 2 aromatic rings. The van der Waals surface area contributed by atoms with Gasteiger partial charge in [0.05, 0.1) is 21.2 Å². The van der Waals surface area contributed by atoms with Crippen molar-refractivity contribution < 1.29 is 9.72 Å². The summed E-state index contributed by atoms with van der Waals surface area (Å²) in [6, 6.07) is 2.15. The largest absolute Gasteiger partial charge is 0.397 e. The van der Waals surface area contributed by atoms with Crippen molar-refractivity contribution in [2.75, 3.05) is 11.1 Å². The number of non-ortho nitro benzene ring substituents is 1. The molecule has 1 aromatic carbocycles. The fraction of sp³-hybridized carbons (Fsp3) is 0.100. The Morgan fingerprint density at radius 2 is 2.25 bits per heavy atom. The Kier molecular flexibility index (Phi) is 3.81. The summed E-state index contributed by atoms with van der Waals surface area (Å²) >= 11 is 6.77. The maximum absolute atomic E-state index is 12.0. The molecule has 10 heteroatoms. The fourth-order valence-corrected chi connectivity index (χ4v) is 2.19. The zero-order valence-corrected chi connectivity index (χ0v) is 11.7. The zero-order valence-electron chi connectivity index (χ0n) is 10.1. The minimum Gasteiger partial charge on any atom is -0.397 e. The molecule has 0 fully saturated rings. The van der Waals surface area contributed by atoms with Crippen LogP contribution < -0.4 is 11.1 Å². The van der Waals surface area contributed by atoms with Gasteiger partial charge in [-0.3, -0.25) is 20.2 Å². The average molecular weight is 314 g/mol. The van der Waals surface area contributed by atoms with E-state index in [-0.39, 0.29) is 27.1 Å². The summed E-state index contributed by atoms with van der Waals surface area (Å²) in [5.74, 6) is -0.125. The predicted octanol–water partition coefficient (Wildman–Crippen LogP) is 2.24. The van der Waals surface area contributed by atoms with E-state index in [1.54, 1.807) is 6.92 Å². The first kappa shape index (κ1) is 14.2. The lowest BCUT2D eigenvalue weighted by molar-refractivity contribution is -0.384. The summed E-state index contributed by atoms with van der Waals surface area (Å²) in [5, 5.41) is 13.4. The first-order valence-electron chi connectivity index (χ1n) is 5.23. The van der Waals surface area contributed by atoms with Crippen LogP contribution in [0, 0.1) is 17.0 Å². The van der Waals surface area contributed by atoms with Crippen molar-refractivity contribution in [2.24, 2.45) is 0 Å². The summed E-state index contributed by atoms with van der Waals surface area (Å²) in [6.07, 6.45) is 0. The van der Waals surface area contributed by atoms with Gasteiger partial charge in [-0.15, -0.1) is 0 Å². The molecule has 2 rings (SSSR count). The molecule has 0 radical (unpaired) electrons. The molecule has 0 bridgehead atoms. The molecule has 0 aliphatic rings. The molecule has 8 nitrogen and oxygen atoms in total. The van der Waals surface area contributed by atoms with Gasteiger partial charge in [-0.2, -0.15) is 4.37 Å². The number of amides is 1. The van der Waals surface area contributed by atoms with Gasteiger partial charge < -0.3 is 5.73 Å². The van der Waals surface area contributed by atoms with Crippen LogP contribution in [0.5, 0.6) is 0 Å². The summed E-state index contributed by atoms with van der Waals surface area (Å²) in [6.45, 7) is 1.67. The molecular formula is C10H8ClN5O3S. The predicted molar refractivity (Wildman–Crippen MR) is 75.1 cm³/mol. The SMILES string of the molecule is Cc1nsc(NC(=O)c2cc([N+](=O)[O-])cc(Cl)c2N)n1. The van der Waals surface area contributed by atoms with Crippen LogP contribution in [0.4, 0.5) is 16.5 Å². The molecule has 1 amide bonds. The van der Waals surface area contributed by atoms with E-state index in [0.29, 0.717) is 5.82 Å². The van der Waals surface area contributed by atoms with Gasteiger partial charge in [-0.1, -0.05) is 11.6 Å². The van der Waals surface area contributed by atoms with Gasteiger partial charge in [0.1, 0.15) is 5.82 Å². The van der Waals surface area contributed by atoms with Crippen LogP contribution in [-0.4, -0.2) is 20.2 Å². The number of carbonyl (C=O) groups excluding carboxylic acids is 1. The maximum Gasteiger partial charge on any atom is 0.271 e. The second-order valence-electron chi connectivity index (χ2n) is 3.75. The second-order valence-corrected chi connectivity index (χ2v) is 4.91. The number of nitro benzene ring substituents is 1. The van der Waals surface area contributed by atoms with Crippen LogP contribution in [0.2, 0.25) is 5.02 Å². The van der Waals surface area contributed by atoms with E-state index < -0.39 is 10.8 Å². The maximum atomic E-state index is 12.0. The Bertz CT molecular complexity index is 702. The molecule has 0 aliphatic carbocycles. The molecule has 0 unspecified atom stereocenters. The number of hydrogen-bond donors (Lipinski definition) is 2. The number of nitro groups is 1. The van der Waals surface area contributed by atoms with Gasteiger partial charge in [-0.05, 0) is 6.92 Å². The monoisotopic (exact) mass is 313 g/mol. The molecule has 3 N–H and O–H groups in total. The van der Waals surface area contributed by atoms with Crippen molar-refractivity contribution in [1.29, 1.82) is 0 Å². The minimum absolute atomic E-state index is 0.0315. The van der Waals surface area contributed by atoms with Gasteiger partial charge >= 0.3 is 0 Å². The third kappa shape index (κ3) is 2.83. The highest BCUT2D eigenvalue weighted by molar-refractivity contribution is 7.09. The first-order valence-corrected chi connectivity index (χ1v) is 6.38. The Labute approximate surface area is 121 Å². The van der Waals surface area contributed by atoms with Crippen LogP contribution in [0.15, 0.2) is 12.1 Å². The van der Waals surface area contributed by atoms with Crippen LogP contribution >= 0.6 is 23.1 Å². The van der Waals surface area contributed by atoms with Crippen molar-refractivity contribution in [1.82, 2.24) is 9.36 Å². The lowest BCUT2D eigenvalue weighted by Crippen LogP contribution is -2.14. The lowest BCUT2D eigenvalue weighted by Gasteiger charge is -2.06. The van der Waals surface area contributed by atoms with Crippen molar-refractivity contribution in [3.05, 3.63) is 38.7 Å². The summed E-state index contributed by atoms with van der Waals surface area (Å²) < 4.78 is 3.90. The van der Waals surface area contributed by atoms with E-state index >= 15 is 0 Å². The van der Waals surface area contributed by atoms with Gasteiger partial charge in [0.25, 0.3) is 11.6 Å². The van der Waals surface area contributed by atoms with Crippen molar-refractivity contribution >= 4 is 45.5 Å². The number of nitrogens with two attached hydrogens (primary N) is 1. The zero-order chi connectivity index (χ0) is 14.9. The van der Waals surface area contributed by atoms with Gasteiger partial charge in [-0.25, -0.2) is 4.98 Å². The van der Waals surface area contributed by atoms with Crippen molar-refractivity contribution in [3.63, 3.8) is 0 Å². The number of anilines is 2. The van der Waals surface area contributed by atoms with Gasteiger partial charge in [0, 0.05) is 23.7 Å². The smallest absolute Gasteiger partial charge is 0.271 e. The Balaban J connectivity index is 2.36. The Morgan fingerprint density at radius 1 is 1.55 bits per heavy atom. The Morgan fingerprint density at radius 3 is 2.80 bits per heavy atom. The molecule has 0 atom stereocenters. The quantitative estimate of drug-likeness (QED) is 0.508. The highest BCUT2D eigenvalue weighted by Crippen LogP contribution is 2.29. The number of nitrogens with one attached hydrogen (secondary N) is 1. The average Bonchev–Trinajstić information content (AvgIpc) is 2.77. The number of nitrogens with zero attached hydrogens (tertiary/aromatic N) is 3. The van der Waals surface area contributed by atoms with E-state index in [9.17, 15) is 14.9 Å². The molecule has 0 saturated heterocycles. The molecule has 0 saturated carbocycles. The third-order valence-electron chi connectivity index (χ3n) is 2.32. The normalized spacial score (nSPS) is 10.3. The van der Waals surface area contributed by atoms with E-state index in [1.165, 1.54) is 0 Å². The number of hydrogen-bond acceptors (Lipinski definition) is 7. The third-order valence-corrected chi connectivity index (χ3v) is 3.35. The highest BCUT2D eigenvalue weighted by atomic mass is 35.5. The Hall–Kier alpha value is -2.26. The van der Waals surface area contributed by atoms with E-state index in [1.807, 2.05) is 0 Å². The van der Waals surface area contributed by atoms with Crippen LogP contribution in [-0.2, 0) is 0 Å². The molecule has 0 aliphatic heterocycles. The molecule has 1 heterocycles. The van der Waals surface area contributed by atoms with Crippen molar-refractivity contribution in [3.8, 4) is 0 Å². The number of nitrogen functional groups attached to an aromatic ring is 1. The lowest BCUT2D eigenvalue weighted by atomic mass is 10.1. The molecule has 1 aromatic heterocycles. The van der Waals surface area contributed by atoms with E-state index in [2.05, 4.69) is 14.7 Å². The molecular weight excluding hydrogens is 306 g/mol. The standard InChI is InChI=1S/C10H8ClN5O3S/c1-4-13-10(20-15-4)14-9(17)6-2-5(16(18)19)3-7(11)8(6)12/h2-3H,12H2,1H3,(H,13,14,15,17). The molecule has 20 heavy (non-hydrogen) atoms. The highest BCUT2D eigenvalue weighted by Gasteiger charge is 2.19. The van der Waals surface area contributed by atoms with Crippen LogP contribution in [0.25, 0.3) is 0 Å². The van der Waals surface area contributed by atoms with E-state index in [4.69, 9.17) is 17.3 Å². The number of rotatable bonds is 3. The number of halogens is 1. The van der Waals surface area contributed by atoms with Gasteiger partial charge in [0.2, 0.25) is 5.13 Å².